The summed E-state index contributed by atoms with van der Waals surface area (Å²) in [7, 11) is 1.47. The van der Waals surface area contributed by atoms with Gasteiger partial charge in [0.2, 0.25) is 17.8 Å². The number of aromatic nitrogens is 3. The number of amides is 2. The van der Waals surface area contributed by atoms with Gasteiger partial charge in [-0.15, -0.1) is 5.10 Å². The van der Waals surface area contributed by atoms with Gasteiger partial charge in [0.1, 0.15) is 11.7 Å². The number of halogens is 2. The third kappa shape index (κ3) is 3.67. The van der Waals surface area contributed by atoms with Crippen molar-refractivity contribution < 1.29 is 18.4 Å². The van der Waals surface area contributed by atoms with E-state index in [0.29, 0.717) is 55.0 Å². The van der Waals surface area contributed by atoms with E-state index in [2.05, 4.69) is 25.6 Å². The Morgan fingerprint density at radius 1 is 1.18 bits per heavy atom. The van der Waals surface area contributed by atoms with Crippen molar-refractivity contribution in [3.05, 3.63) is 47.4 Å². The van der Waals surface area contributed by atoms with Gasteiger partial charge in [-0.3, -0.25) is 14.5 Å². The van der Waals surface area contributed by atoms with Gasteiger partial charge in [0.15, 0.2) is 0 Å². The average Bonchev–Trinajstić information content (AvgIpc) is 3.14. The molecule has 0 bridgehead atoms. The van der Waals surface area contributed by atoms with Crippen molar-refractivity contribution in [2.24, 2.45) is 0 Å². The molecule has 3 aromatic rings. The standard InChI is InChI=1S/C22H23F2N7O2/c1-12-21(32)27-16-10-13(9-14-18(16)31(12)28-19(14)23)11-29-5-7-30(8-6-29)17-4-3-15(22(33)25-2)26-20(17)24/h3-4,9-10,12H,5-8,11H2,1-2H3,(H,25,33)(H,27,32). The summed E-state index contributed by atoms with van der Waals surface area (Å²) in [6.07, 6.45) is 0. The molecule has 2 aromatic heterocycles. The maximum atomic E-state index is 14.5. The number of piperazine rings is 1. The Morgan fingerprint density at radius 3 is 2.64 bits per heavy atom. The van der Waals surface area contributed by atoms with Crippen LogP contribution in [0.1, 0.15) is 29.0 Å². The van der Waals surface area contributed by atoms with Crippen LogP contribution in [0.4, 0.5) is 20.2 Å². The van der Waals surface area contributed by atoms with Crippen LogP contribution in [0.2, 0.25) is 0 Å². The molecule has 1 atom stereocenters. The zero-order chi connectivity index (χ0) is 23.3. The largest absolute Gasteiger partial charge is 0.365 e. The summed E-state index contributed by atoms with van der Waals surface area (Å²) in [5, 5.41) is 9.58. The first-order valence-electron chi connectivity index (χ1n) is 10.7. The molecule has 33 heavy (non-hydrogen) atoms. The predicted molar refractivity (Wildman–Crippen MR) is 118 cm³/mol. The van der Waals surface area contributed by atoms with Crippen LogP contribution in [0, 0.1) is 11.9 Å². The molecule has 2 aliphatic heterocycles. The van der Waals surface area contributed by atoms with E-state index in [1.807, 2.05) is 11.0 Å². The van der Waals surface area contributed by atoms with Crippen molar-refractivity contribution in [1.29, 1.82) is 0 Å². The minimum absolute atomic E-state index is 0.0359. The molecule has 1 aromatic carbocycles. The molecule has 0 spiro atoms. The van der Waals surface area contributed by atoms with E-state index in [9.17, 15) is 18.4 Å². The van der Waals surface area contributed by atoms with Crippen molar-refractivity contribution in [3.63, 3.8) is 0 Å². The van der Waals surface area contributed by atoms with Crippen LogP contribution in [0.25, 0.3) is 10.9 Å². The van der Waals surface area contributed by atoms with Gasteiger partial charge < -0.3 is 15.5 Å². The van der Waals surface area contributed by atoms with Crippen LogP contribution in [0.15, 0.2) is 24.3 Å². The lowest BCUT2D eigenvalue weighted by Crippen LogP contribution is -2.46. The fraction of sp³-hybridized carbons (Fsp3) is 0.364. The van der Waals surface area contributed by atoms with Gasteiger partial charge >= 0.3 is 0 Å². The third-order valence-corrected chi connectivity index (χ3v) is 6.23. The molecule has 0 radical (unpaired) electrons. The lowest BCUT2D eigenvalue weighted by molar-refractivity contribution is -0.119. The number of carbonyl (C=O) groups excluding carboxylic acids is 2. The minimum Gasteiger partial charge on any atom is -0.365 e. The molecule has 4 heterocycles. The number of nitrogens with one attached hydrogen (secondary N) is 2. The monoisotopic (exact) mass is 455 g/mol. The van der Waals surface area contributed by atoms with E-state index in [1.165, 1.54) is 17.8 Å². The number of benzene rings is 1. The summed E-state index contributed by atoms with van der Waals surface area (Å²) < 4.78 is 30.4. The van der Waals surface area contributed by atoms with E-state index in [-0.39, 0.29) is 11.6 Å². The second-order valence-electron chi connectivity index (χ2n) is 8.29. The van der Waals surface area contributed by atoms with Gasteiger partial charge in [-0.2, -0.15) is 8.78 Å². The highest BCUT2D eigenvalue weighted by atomic mass is 19.1. The van der Waals surface area contributed by atoms with Crippen LogP contribution in [0.3, 0.4) is 0 Å². The normalized spacial score (nSPS) is 18.5. The Bertz CT molecular complexity index is 1270. The molecular weight excluding hydrogens is 432 g/mol. The van der Waals surface area contributed by atoms with Crippen LogP contribution < -0.4 is 15.5 Å². The predicted octanol–water partition coefficient (Wildman–Crippen LogP) is 1.90. The molecule has 5 rings (SSSR count). The van der Waals surface area contributed by atoms with Crippen molar-refractivity contribution in [2.75, 3.05) is 43.4 Å². The van der Waals surface area contributed by atoms with Crippen LogP contribution in [-0.2, 0) is 11.3 Å². The number of pyridine rings is 1. The van der Waals surface area contributed by atoms with Crippen molar-refractivity contribution in [2.45, 2.75) is 19.5 Å². The smallest absolute Gasteiger partial charge is 0.269 e. The Morgan fingerprint density at radius 2 is 1.94 bits per heavy atom. The molecule has 2 amide bonds. The zero-order valence-corrected chi connectivity index (χ0v) is 18.2. The highest BCUT2D eigenvalue weighted by molar-refractivity contribution is 6.06. The van der Waals surface area contributed by atoms with E-state index >= 15 is 0 Å². The lowest BCUT2D eigenvalue weighted by Gasteiger charge is -2.36. The summed E-state index contributed by atoms with van der Waals surface area (Å²) in [6.45, 7) is 4.72. The number of carbonyl (C=O) groups is 2. The molecule has 1 saturated heterocycles. The van der Waals surface area contributed by atoms with Gasteiger partial charge in [0.25, 0.3) is 5.91 Å². The minimum atomic E-state index is -0.674. The quantitative estimate of drug-likeness (QED) is 0.584. The van der Waals surface area contributed by atoms with E-state index in [1.54, 1.807) is 19.1 Å². The van der Waals surface area contributed by atoms with Crippen molar-refractivity contribution >= 4 is 34.1 Å². The molecule has 9 nitrogen and oxygen atoms in total. The number of nitrogens with zero attached hydrogens (tertiary/aromatic N) is 5. The first-order chi connectivity index (χ1) is 15.9. The Balaban J connectivity index is 1.30. The third-order valence-electron chi connectivity index (χ3n) is 6.23. The highest BCUT2D eigenvalue weighted by Crippen LogP contribution is 2.34. The van der Waals surface area contributed by atoms with Crippen LogP contribution >= 0.6 is 0 Å². The summed E-state index contributed by atoms with van der Waals surface area (Å²) in [6, 6.07) is 6.15. The second kappa shape index (κ2) is 8.07. The molecule has 2 aliphatic rings. The van der Waals surface area contributed by atoms with Gasteiger partial charge in [0, 0.05) is 39.8 Å². The van der Waals surface area contributed by atoms with Gasteiger partial charge in [-0.1, -0.05) is 0 Å². The second-order valence-corrected chi connectivity index (χ2v) is 8.29. The molecule has 172 valence electrons. The summed E-state index contributed by atoms with van der Waals surface area (Å²) in [5.41, 5.74) is 2.41. The molecular formula is C22H23F2N7O2. The van der Waals surface area contributed by atoms with Crippen molar-refractivity contribution in [1.82, 2.24) is 25.0 Å². The molecule has 11 heteroatoms. The summed E-state index contributed by atoms with van der Waals surface area (Å²) >= 11 is 0. The Labute approximate surface area is 188 Å². The maximum absolute atomic E-state index is 14.5. The number of rotatable bonds is 4. The van der Waals surface area contributed by atoms with E-state index < -0.39 is 23.8 Å². The number of hydrogen-bond acceptors (Lipinski definition) is 6. The Hall–Kier alpha value is -3.60. The van der Waals surface area contributed by atoms with Crippen LogP contribution in [0.5, 0.6) is 0 Å². The van der Waals surface area contributed by atoms with Gasteiger partial charge in [-0.25, -0.2) is 9.67 Å². The zero-order valence-electron chi connectivity index (χ0n) is 18.2. The van der Waals surface area contributed by atoms with Gasteiger partial charge in [-0.05, 0) is 36.8 Å². The lowest BCUT2D eigenvalue weighted by atomic mass is 10.1. The molecule has 0 aliphatic carbocycles. The Kier molecular flexibility index (Phi) is 5.20. The summed E-state index contributed by atoms with van der Waals surface area (Å²) in [4.78, 5) is 31.7. The summed E-state index contributed by atoms with van der Waals surface area (Å²) in [5.74, 6) is -1.93. The molecule has 2 N–H and O–H groups in total. The first kappa shape index (κ1) is 21.3. The first-order valence-corrected chi connectivity index (χ1v) is 10.7. The fourth-order valence-corrected chi connectivity index (χ4v) is 4.43. The maximum Gasteiger partial charge on any atom is 0.269 e. The topological polar surface area (TPSA) is 95.4 Å². The SMILES string of the molecule is CNC(=O)c1ccc(N2CCN(Cc3cc4c5c(c3)c(F)nn5C(C)C(=O)N4)CC2)c(F)n1. The molecule has 1 unspecified atom stereocenters. The van der Waals surface area contributed by atoms with E-state index in [4.69, 9.17) is 0 Å². The van der Waals surface area contributed by atoms with Gasteiger partial charge in [0.05, 0.1) is 22.3 Å². The highest BCUT2D eigenvalue weighted by Gasteiger charge is 2.29. The van der Waals surface area contributed by atoms with E-state index in [0.717, 1.165) is 5.56 Å². The number of anilines is 2. The van der Waals surface area contributed by atoms with Crippen molar-refractivity contribution in [3.8, 4) is 0 Å². The van der Waals surface area contributed by atoms with Crippen LogP contribution in [-0.4, -0.2) is 64.7 Å². The molecule has 1 fully saturated rings. The number of hydrogen-bond donors (Lipinski definition) is 2. The molecule has 0 saturated carbocycles. The average molecular weight is 455 g/mol. The fourth-order valence-electron chi connectivity index (χ4n) is 4.43.